The number of hydrogen-bond donors (Lipinski definition) is 1. The normalized spacial score (nSPS) is 17.3. The zero-order valence-corrected chi connectivity index (χ0v) is 16.1. The van der Waals surface area contributed by atoms with Crippen molar-refractivity contribution in [2.45, 2.75) is 116 Å². The highest BCUT2D eigenvalue weighted by Crippen LogP contribution is 2.13. The summed E-state index contributed by atoms with van der Waals surface area (Å²) in [6.07, 6.45) is 21.0. The molecule has 0 aliphatic carbocycles. The third-order valence-electron chi connectivity index (χ3n) is 5.09. The molecule has 0 radical (unpaired) electrons. The summed E-state index contributed by atoms with van der Waals surface area (Å²) >= 11 is 0. The predicted octanol–water partition coefficient (Wildman–Crippen LogP) is 5.76. The summed E-state index contributed by atoms with van der Waals surface area (Å²) in [5, 5.41) is 3.18. The molecular formula is C21H41NO2. The lowest BCUT2D eigenvalue weighted by Gasteiger charge is -2.10. The Morgan fingerprint density at radius 2 is 1.33 bits per heavy atom. The molecule has 0 spiro atoms. The first kappa shape index (κ1) is 21.5. The first-order valence-corrected chi connectivity index (χ1v) is 10.7. The van der Waals surface area contributed by atoms with Crippen LogP contribution in [0.3, 0.4) is 0 Å². The molecule has 1 aliphatic rings. The van der Waals surface area contributed by atoms with Gasteiger partial charge < -0.3 is 10.1 Å². The van der Waals surface area contributed by atoms with Crippen LogP contribution in [0, 0.1) is 0 Å². The number of rotatable bonds is 16. The van der Waals surface area contributed by atoms with Gasteiger partial charge in [0, 0.05) is 0 Å². The maximum Gasteiger partial charge on any atom is 0.323 e. The maximum atomic E-state index is 11.7. The number of carbonyl (C=O) groups is 1. The average molecular weight is 340 g/mol. The summed E-state index contributed by atoms with van der Waals surface area (Å²) < 4.78 is 5.33. The lowest BCUT2D eigenvalue weighted by atomic mass is 10.0. The van der Waals surface area contributed by atoms with Crippen LogP contribution in [0.25, 0.3) is 0 Å². The smallest absolute Gasteiger partial charge is 0.323 e. The molecule has 1 heterocycles. The molecule has 0 amide bonds. The first-order chi connectivity index (χ1) is 11.8. The highest BCUT2D eigenvalue weighted by atomic mass is 16.5. The SMILES string of the molecule is CCCCCCCCCCCCCCCCOC(=O)C1CCCN1. The van der Waals surface area contributed by atoms with Crippen LogP contribution in [0.2, 0.25) is 0 Å². The van der Waals surface area contributed by atoms with Crippen molar-refractivity contribution < 1.29 is 9.53 Å². The van der Waals surface area contributed by atoms with E-state index in [0.29, 0.717) is 6.61 Å². The monoisotopic (exact) mass is 339 g/mol. The molecule has 0 aromatic carbocycles. The van der Waals surface area contributed by atoms with Crippen LogP contribution < -0.4 is 5.32 Å². The van der Waals surface area contributed by atoms with Crippen molar-refractivity contribution in [3.8, 4) is 0 Å². The van der Waals surface area contributed by atoms with Crippen molar-refractivity contribution in [2.24, 2.45) is 0 Å². The van der Waals surface area contributed by atoms with Gasteiger partial charge in [0.1, 0.15) is 6.04 Å². The summed E-state index contributed by atoms with van der Waals surface area (Å²) in [5.41, 5.74) is 0. The molecule has 3 nitrogen and oxygen atoms in total. The first-order valence-electron chi connectivity index (χ1n) is 10.7. The molecule has 1 unspecified atom stereocenters. The van der Waals surface area contributed by atoms with Gasteiger partial charge in [-0.2, -0.15) is 0 Å². The van der Waals surface area contributed by atoms with Crippen LogP contribution in [0.4, 0.5) is 0 Å². The van der Waals surface area contributed by atoms with E-state index in [4.69, 9.17) is 4.74 Å². The summed E-state index contributed by atoms with van der Waals surface area (Å²) in [6, 6.07) is -0.0309. The van der Waals surface area contributed by atoms with Crippen molar-refractivity contribution in [1.82, 2.24) is 5.32 Å². The lowest BCUT2D eigenvalue weighted by molar-refractivity contribution is -0.145. The average Bonchev–Trinajstić information content (AvgIpc) is 3.13. The lowest BCUT2D eigenvalue weighted by Crippen LogP contribution is -2.32. The van der Waals surface area contributed by atoms with E-state index in [1.54, 1.807) is 0 Å². The van der Waals surface area contributed by atoms with Gasteiger partial charge in [0.2, 0.25) is 0 Å². The van der Waals surface area contributed by atoms with Crippen LogP contribution in [0.1, 0.15) is 110 Å². The van der Waals surface area contributed by atoms with E-state index in [2.05, 4.69) is 12.2 Å². The molecule has 3 heteroatoms. The minimum atomic E-state index is -0.0396. The van der Waals surface area contributed by atoms with Crippen molar-refractivity contribution in [3.05, 3.63) is 0 Å². The molecule has 142 valence electrons. The largest absolute Gasteiger partial charge is 0.465 e. The van der Waals surface area contributed by atoms with Crippen molar-refractivity contribution in [2.75, 3.05) is 13.2 Å². The number of nitrogens with one attached hydrogen (secondary N) is 1. The fourth-order valence-electron chi connectivity index (χ4n) is 3.46. The second-order valence-corrected chi connectivity index (χ2v) is 7.41. The van der Waals surface area contributed by atoms with Gasteiger partial charge in [-0.15, -0.1) is 0 Å². The molecule has 0 aromatic rings. The van der Waals surface area contributed by atoms with E-state index in [9.17, 15) is 4.79 Å². The Labute approximate surface area is 150 Å². The fraction of sp³-hybridized carbons (Fsp3) is 0.952. The molecular weight excluding hydrogens is 298 g/mol. The van der Waals surface area contributed by atoms with Gasteiger partial charge in [0.15, 0.2) is 0 Å². The van der Waals surface area contributed by atoms with E-state index in [-0.39, 0.29) is 12.0 Å². The molecule has 0 bridgehead atoms. The molecule has 1 N–H and O–H groups in total. The Morgan fingerprint density at radius 1 is 0.833 bits per heavy atom. The van der Waals surface area contributed by atoms with Crippen molar-refractivity contribution in [1.29, 1.82) is 0 Å². The molecule has 1 aliphatic heterocycles. The van der Waals surface area contributed by atoms with E-state index in [0.717, 1.165) is 25.8 Å². The van der Waals surface area contributed by atoms with Crippen LogP contribution >= 0.6 is 0 Å². The highest BCUT2D eigenvalue weighted by molar-refractivity contribution is 5.76. The molecule has 0 aromatic heterocycles. The van der Waals surface area contributed by atoms with Gasteiger partial charge in [0.05, 0.1) is 6.61 Å². The van der Waals surface area contributed by atoms with Gasteiger partial charge in [-0.1, -0.05) is 90.4 Å². The van der Waals surface area contributed by atoms with Crippen molar-refractivity contribution >= 4 is 5.97 Å². The van der Waals surface area contributed by atoms with Gasteiger partial charge in [0.25, 0.3) is 0 Å². The summed E-state index contributed by atoms with van der Waals surface area (Å²) in [6.45, 7) is 3.84. The molecule has 0 saturated carbocycles. The predicted molar refractivity (Wildman–Crippen MR) is 102 cm³/mol. The number of carbonyl (C=O) groups excluding carboxylic acids is 1. The zero-order chi connectivity index (χ0) is 17.3. The van der Waals surface area contributed by atoms with Gasteiger partial charge >= 0.3 is 5.97 Å². The standard InChI is InChI=1S/C21H41NO2/c1-2-3-4-5-6-7-8-9-10-11-12-13-14-15-19-24-21(23)20-17-16-18-22-20/h20,22H,2-19H2,1H3. The van der Waals surface area contributed by atoms with Crippen molar-refractivity contribution in [3.63, 3.8) is 0 Å². The zero-order valence-electron chi connectivity index (χ0n) is 16.1. The van der Waals surface area contributed by atoms with Crippen LogP contribution in [0.5, 0.6) is 0 Å². The Hall–Kier alpha value is -0.570. The topological polar surface area (TPSA) is 38.3 Å². The summed E-state index contributed by atoms with van der Waals surface area (Å²) in [4.78, 5) is 11.7. The van der Waals surface area contributed by atoms with E-state index in [1.807, 2.05) is 0 Å². The second-order valence-electron chi connectivity index (χ2n) is 7.41. The number of unbranched alkanes of at least 4 members (excludes halogenated alkanes) is 13. The van der Waals surface area contributed by atoms with E-state index >= 15 is 0 Å². The Morgan fingerprint density at radius 3 is 1.79 bits per heavy atom. The third kappa shape index (κ3) is 11.9. The van der Waals surface area contributed by atoms with Crippen LogP contribution in [0.15, 0.2) is 0 Å². The summed E-state index contributed by atoms with van der Waals surface area (Å²) in [5.74, 6) is -0.0396. The second kappa shape index (κ2) is 15.9. The molecule has 1 saturated heterocycles. The van der Waals surface area contributed by atoms with E-state index in [1.165, 1.54) is 83.5 Å². The third-order valence-corrected chi connectivity index (χ3v) is 5.09. The summed E-state index contributed by atoms with van der Waals surface area (Å²) in [7, 11) is 0. The van der Waals surface area contributed by atoms with Gasteiger partial charge in [-0.25, -0.2) is 0 Å². The highest BCUT2D eigenvalue weighted by Gasteiger charge is 2.22. The number of ether oxygens (including phenoxy) is 1. The Balaban J connectivity index is 1.71. The van der Waals surface area contributed by atoms with Crippen LogP contribution in [-0.2, 0) is 9.53 Å². The Kier molecular flexibility index (Phi) is 14.3. The number of hydrogen-bond acceptors (Lipinski definition) is 3. The van der Waals surface area contributed by atoms with Gasteiger partial charge in [-0.3, -0.25) is 4.79 Å². The minimum Gasteiger partial charge on any atom is -0.465 e. The maximum absolute atomic E-state index is 11.7. The molecule has 1 atom stereocenters. The molecule has 24 heavy (non-hydrogen) atoms. The quantitative estimate of drug-likeness (QED) is 0.287. The van der Waals surface area contributed by atoms with Crippen LogP contribution in [-0.4, -0.2) is 25.2 Å². The number of esters is 1. The minimum absolute atomic E-state index is 0.0309. The fourth-order valence-corrected chi connectivity index (χ4v) is 3.46. The van der Waals surface area contributed by atoms with E-state index < -0.39 is 0 Å². The molecule has 1 fully saturated rings. The Bertz CT molecular complexity index is 288. The van der Waals surface area contributed by atoms with Gasteiger partial charge in [-0.05, 0) is 25.8 Å². The molecule has 1 rings (SSSR count).